The topological polar surface area (TPSA) is 84.7 Å². The van der Waals surface area contributed by atoms with Crippen LogP contribution in [0.1, 0.15) is 51.4 Å². The molecule has 2 atom stereocenters. The molecule has 2 unspecified atom stereocenters. The fraction of sp³-hybridized carbons (Fsp3) is 0.600. The monoisotopic (exact) mass is 431 g/mol. The maximum atomic E-state index is 12.8. The molecule has 3 N–H and O–H groups in total. The Bertz CT molecular complexity index is 723. The average molecular weight is 432 g/mol. The smallest absolute Gasteiger partial charge is 0.255 e. The molecule has 0 saturated heterocycles. The van der Waals surface area contributed by atoms with Crippen molar-refractivity contribution in [2.75, 3.05) is 25.0 Å². The molecule has 28 heavy (non-hydrogen) atoms. The van der Waals surface area contributed by atoms with E-state index in [9.17, 15) is 9.59 Å². The van der Waals surface area contributed by atoms with Gasteiger partial charge in [-0.25, -0.2) is 0 Å². The third-order valence-electron chi connectivity index (χ3n) is 5.74. The second-order valence-corrected chi connectivity index (χ2v) is 7.87. The largest absolute Gasteiger partial charge is 0.378 e. The number of nitrogens with zero attached hydrogens (tertiary/aromatic N) is 1. The number of hydrogen-bond donors (Lipinski definition) is 2. The first kappa shape index (κ1) is 24.7. The first-order valence-electron chi connectivity index (χ1n) is 9.43. The molecule has 0 bridgehead atoms. The zero-order valence-electron chi connectivity index (χ0n) is 17.2. The fourth-order valence-electron chi connectivity index (χ4n) is 3.51. The number of amides is 2. The second-order valence-electron chi connectivity index (χ2n) is 7.47. The van der Waals surface area contributed by atoms with Crippen molar-refractivity contribution in [1.29, 1.82) is 0 Å². The number of nitrogens with one attached hydrogen (secondary N) is 1. The van der Waals surface area contributed by atoms with Gasteiger partial charge in [0.05, 0.1) is 16.7 Å². The van der Waals surface area contributed by atoms with Crippen LogP contribution >= 0.6 is 24.0 Å². The van der Waals surface area contributed by atoms with Gasteiger partial charge in [-0.05, 0) is 39.0 Å². The number of anilines is 1. The minimum absolute atomic E-state index is 0. The lowest BCUT2D eigenvalue weighted by atomic mass is 9.54. The van der Waals surface area contributed by atoms with Gasteiger partial charge in [0.2, 0.25) is 5.91 Å². The Labute approximate surface area is 178 Å². The maximum absolute atomic E-state index is 12.8. The van der Waals surface area contributed by atoms with E-state index in [1.54, 1.807) is 23.1 Å². The van der Waals surface area contributed by atoms with Crippen molar-refractivity contribution >= 4 is 41.5 Å². The molecule has 2 rings (SSSR count). The van der Waals surface area contributed by atoms with Crippen molar-refractivity contribution in [3.05, 3.63) is 28.8 Å². The van der Waals surface area contributed by atoms with E-state index in [1.807, 2.05) is 34.6 Å². The van der Waals surface area contributed by atoms with E-state index in [0.717, 1.165) is 0 Å². The Morgan fingerprint density at radius 3 is 2.36 bits per heavy atom. The molecule has 1 fully saturated rings. The zero-order chi connectivity index (χ0) is 20.4. The molecule has 0 aromatic heterocycles. The molecule has 1 aliphatic carbocycles. The van der Waals surface area contributed by atoms with E-state index < -0.39 is 11.0 Å². The quantitative estimate of drug-likeness (QED) is 0.688. The number of halogens is 2. The Kier molecular flexibility index (Phi) is 8.33. The van der Waals surface area contributed by atoms with Gasteiger partial charge >= 0.3 is 0 Å². The Balaban J connectivity index is 0.00000392. The molecule has 0 spiro atoms. The lowest BCUT2D eigenvalue weighted by Gasteiger charge is -2.57. The number of nitrogens with two attached hydrogens (primary N) is 1. The summed E-state index contributed by atoms with van der Waals surface area (Å²) in [6.45, 7) is 11.4. The van der Waals surface area contributed by atoms with Crippen LogP contribution in [-0.2, 0) is 9.53 Å². The number of hydrogen-bond acceptors (Lipinski definition) is 4. The van der Waals surface area contributed by atoms with E-state index in [0.29, 0.717) is 42.4 Å². The van der Waals surface area contributed by atoms with E-state index in [-0.39, 0.29) is 30.3 Å². The van der Waals surface area contributed by atoms with E-state index in [4.69, 9.17) is 22.1 Å². The van der Waals surface area contributed by atoms with Gasteiger partial charge < -0.3 is 20.7 Å². The Morgan fingerprint density at radius 1 is 1.29 bits per heavy atom. The molecule has 1 aromatic carbocycles. The molecule has 6 nitrogen and oxygen atoms in total. The van der Waals surface area contributed by atoms with Crippen LogP contribution in [0.4, 0.5) is 5.69 Å². The Hall–Kier alpha value is -1.34. The highest BCUT2D eigenvalue weighted by molar-refractivity contribution is 6.34. The standard InChI is InChI=1S/C20H30ClN3O3.ClH/c1-6-24(7-2)17(25)14-10-9-13(11-15(14)21)23-18(26)20(22)12-16(27-8-3)19(20,4)5;/h9-11,16H,6-8,12,22H2,1-5H3,(H,23,26);1H. The van der Waals surface area contributed by atoms with Crippen LogP contribution in [0.5, 0.6) is 0 Å². The molecule has 0 radical (unpaired) electrons. The molecule has 158 valence electrons. The summed E-state index contributed by atoms with van der Waals surface area (Å²) in [6.07, 6.45) is 0.419. The van der Waals surface area contributed by atoms with Gasteiger partial charge in [-0.1, -0.05) is 25.4 Å². The molecule has 1 saturated carbocycles. The van der Waals surface area contributed by atoms with Crippen molar-refractivity contribution in [3.8, 4) is 0 Å². The molecule has 2 amide bonds. The summed E-state index contributed by atoms with van der Waals surface area (Å²) in [7, 11) is 0. The van der Waals surface area contributed by atoms with Crippen molar-refractivity contribution in [2.45, 2.75) is 52.7 Å². The predicted octanol–water partition coefficient (Wildman–Crippen LogP) is 3.71. The first-order chi connectivity index (χ1) is 12.6. The molecular weight excluding hydrogens is 401 g/mol. The van der Waals surface area contributed by atoms with Crippen molar-refractivity contribution in [2.24, 2.45) is 11.1 Å². The van der Waals surface area contributed by atoms with Gasteiger partial charge in [0.1, 0.15) is 5.54 Å². The van der Waals surface area contributed by atoms with Gasteiger partial charge in [-0.15, -0.1) is 12.4 Å². The minimum atomic E-state index is -1.02. The van der Waals surface area contributed by atoms with Gasteiger partial charge in [-0.2, -0.15) is 0 Å². The highest BCUT2D eigenvalue weighted by Gasteiger charge is 2.62. The lowest BCUT2D eigenvalue weighted by Crippen LogP contribution is -2.74. The maximum Gasteiger partial charge on any atom is 0.255 e. The van der Waals surface area contributed by atoms with Crippen LogP contribution in [0.25, 0.3) is 0 Å². The highest BCUT2D eigenvalue weighted by atomic mass is 35.5. The van der Waals surface area contributed by atoms with Gasteiger partial charge in [0, 0.05) is 37.2 Å². The number of carbonyl (C=O) groups is 2. The molecule has 0 heterocycles. The van der Waals surface area contributed by atoms with Crippen LogP contribution in [0, 0.1) is 5.41 Å². The van der Waals surface area contributed by atoms with Crippen LogP contribution in [0.3, 0.4) is 0 Å². The van der Waals surface area contributed by atoms with Gasteiger partial charge in [-0.3, -0.25) is 9.59 Å². The van der Waals surface area contributed by atoms with Crippen LogP contribution in [-0.4, -0.2) is 48.1 Å². The van der Waals surface area contributed by atoms with Crippen molar-refractivity contribution < 1.29 is 14.3 Å². The number of rotatable bonds is 7. The predicted molar refractivity (Wildman–Crippen MR) is 115 cm³/mol. The van der Waals surface area contributed by atoms with Gasteiger partial charge in [0.15, 0.2) is 0 Å². The molecule has 1 aliphatic rings. The zero-order valence-corrected chi connectivity index (χ0v) is 18.7. The van der Waals surface area contributed by atoms with E-state index in [1.165, 1.54) is 0 Å². The highest BCUT2D eigenvalue weighted by Crippen LogP contribution is 2.50. The third-order valence-corrected chi connectivity index (χ3v) is 6.06. The van der Waals surface area contributed by atoms with Gasteiger partial charge in [0.25, 0.3) is 5.91 Å². The SMILES string of the molecule is CCOC1CC(N)(C(=O)Nc2ccc(C(=O)N(CC)CC)c(Cl)c2)C1(C)C.Cl. The molecule has 0 aliphatic heterocycles. The van der Waals surface area contributed by atoms with Crippen molar-refractivity contribution in [1.82, 2.24) is 4.90 Å². The summed E-state index contributed by atoms with van der Waals surface area (Å²) in [6, 6.07) is 4.90. The fourth-order valence-corrected chi connectivity index (χ4v) is 3.77. The molecule has 8 heteroatoms. The minimum Gasteiger partial charge on any atom is -0.378 e. The number of carbonyl (C=O) groups excluding carboxylic acids is 2. The van der Waals surface area contributed by atoms with Crippen LogP contribution in [0.15, 0.2) is 18.2 Å². The summed E-state index contributed by atoms with van der Waals surface area (Å²) < 4.78 is 5.67. The van der Waals surface area contributed by atoms with E-state index in [2.05, 4.69) is 5.32 Å². The first-order valence-corrected chi connectivity index (χ1v) is 9.80. The van der Waals surface area contributed by atoms with Crippen LogP contribution < -0.4 is 11.1 Å². The Morgan fingerprint density at radius 2 is 1.89 bits per heavy atom. The lowest BCUT2D eigenvalue weighted by molar-refractivity contribution is -0.166. The summed E-state index contributed by atoms with van der Waals surface area (Å²) in [5, 5.41) is 3.14. The van der Waals surface area contributed by atoms with Crippen LogP contribution in [0.2, 0.25) is 5.02 Å². The van der Waals surface area contributed by atoms with Crippen molar-refractivity contribution in [3.63, 3.8) is 0 Å². The normalized spacial score (nSPS) is 22.6. The number of benzene rings is 1. The number of ether oxygens (including phenoxy) is 1. The summed E-state index contributed by atoms with van der Waals surface area (Å²) in [5.41, 5.74) is 5.84. The molecular formula is C20H31Cl2N3O3. The summed E-state index contributed by atoms with van der Waals surface area (Å²) >= 11 is 6.30. The molecule has 1 aromatic rings. The average Bonchev–Trinajstić information content (AvgIpc) is 2.62. The second kappa shape index (κ2) is 9.44. The summed E-state index contributed by atoms with van der Waals surface area (Å²) in [4.78, 5) is 27.0. The summed E-state index contributed by atoms with van der Waals surface area (Å²) in [5.74, 6) is -0.403. The third kappa shape index (κ3) is 4.30. The van der Waals surface area contributed by atoms with E-state index >= 15 is 0 Å².